The summed E-state index contributed by atoms with van der Waals surface area (Å²) < 4.78 is 28.0. The third-order valence-electron chi connectivity index (χ3n) is 3.60. The molecule has 0 spiro atoms. The van der Waals surface area contributed by atoms with Gasteiger partial charge in [0.25, 0.3) is 5.91 Å². The Morgan fingerprint density at radius 3 is 2.48 bits per heavy atom. The molecule has 0 unspecified atom stereocenters. The molecule has 1 heterocycles. The van der Waals surface area contributed by atoms with Crippen LogP contribution in [0.5, 0.6) is 0 Å². The fraction of sp³-hybridized carbons (Fsp3) is 0.167. The molecule has 0 aliphatic heterocycles. The quantitative estimate of drug-likeness (QED) is 0.630. The molecule has 1 amide bonds. The van der Waals surface area contributed by atoms with Crippen molar-refractivity contribution in [2.24, 2.45) is 0 Å². The average Bonchev–Trinajstić information content (AvgIpc) is 3.05. The second-order valence-corrected chi connectivity index (χ2v) is 8.80. The maximum atomic E-state index is 12.6. The Morgan fingerprint density at radius 1 is 1.15 bits per heavy atom. The van der Waals surface area contributed by atoms with Crippen molar-refractivity contribution in [2.75, 3.05) is 11.6 Å². The van der Waals surface area contributed by atoms with Crippen LogP contribution in [0.1, 0.15) is 22.1 Å². The number of nitrogens with one attached hydrogen (secondary N) is 1. The van der Waals surface area contributed by atoms with E-state index in [1.54, 1.807) is 31.2 Å². The van der Waals surface area contributed by atoms with Gasteiger partial charge in [-0.25, -0.2) is 8.42 Å². The Morgan fingerprint density at radius 2 is 1.85 bits per heavy atom. The smallest absolute Gasteiger partial charge is 0.256 e. The summed E-state index contributed by atoms with van der Waals surface area (Å²) in [5, 5.41) is 6.63. The first-order valence-corrected chi connectivity index (χ1v) is 10.8. The van der Waals surface area contributed by atoms with Crippen molar-refractivity contribution in [1.29, 1.82) is 0 Å². The Bertz CT molecular complexity index is 1060. The lowest BCUT2D eigenvalue weighted by Crippen LogP contribution is -2.13. The van der Waals surface area contributed by atoms with Crippen LogP contribution in [0.25, 0.3) is 0 Å². The lowest BCUT2D eigenvalue weighted by molar-refractivity contribution is 0.102. The van der Waals surface area contributed by atoms with Crippen molar-refractivity contribution in [3.05, 3.63) is 65.8 Å². The van der Waals surface area contributed by atoms with E-state index in [9.17, 15) is 13.2 Å². The molecule has 140 valence electrons. The van der Waals surface area contributed by atoms with Crippen LogP contribution in [0, 0.1) is 6.92 Å². The third kappa shape index (κ3) is 4.95. The molecule has 0 saturated heterocycles. The SMILES string of the molecule is Cc1nc(CSc2ccccc2C(=O)Nc2ccc(S(C)(=O)=O)cc2)no1. The number of rotatable bonds is 6. The van der Waals surface area contributed by atoms with Gasteiger partial charge in [-0.1, -0.05) is 17.3 Å². The van der Waals surface area contributed by atoms with Gasteiger partial charge in [0.05, 0.1) is 16.2 Å². The minimum atomic E-state index is -3.27. The van der Waals surface area contributed by atoms with E-state index in [4.69, 9.17) is 4.52 Å². The summed E-state index contributed by atoms with van der Waals surface area (Å²) in [6.07, 6.45) is 1.14. The normalized spacial score (nSPS) is 11.3. The van der Waals surface area contributed by atoms with Crippen molar-refractivity contribution in [1.82, 2.24) is 10.1 Å². The lowest BCUT2D eigenvalue weighted by atomic mass is 10.2. The molecule has 27 heavy (non-hydrogen) atoms. The summed E-state index contributed by atoms with van der Waals surface area (Å²) in [5.74, 6) is 1.25. The molecule has 7 nitrogen and oxygen atoms in total. The number of aromatic nitrogens is 2. The largest absolute Gasteiger partial charge is 0.340 e. The zero-order valence-corrected chi connectivity index (χ0v) is 16.3. The first kappa shape index (κ1) is 19.1. The summed E-state index contributed by atoms with van der Waals surface area (Å²) in [5.41, 5.74) is 1.02. The zero-order valence-electron chi connectivity index (χ0n) is 14.7. The zero-order chi connectivity index (χ0) is 19.4. The predicted octanol–water partition coefficient (Wildman–Crippen LogP) is 3.33. The number of anilines is 1. The number of nitrogens with zero attached hydrogens (tertiary/aromatic N) is 2. The molecular weight excluding hydrogens is 386 g/mol. The monoisotopic (exact) mass is 403 g/mol. The molecular formula is C18H17N3O4S2. The molecule has 0 aliphatic carbocycles. The minimum Gasteiger partial charge on any atom is -0.340 e. The molecule has 3 aromatic rings. The predicted molar refractivity (Wildman–Crippen MR) is 103 cm³/mol. The third-order valence-corrected chi connectivity index (χ3v) is 5.80. The summed E-state index contributed by atoms with van der Waals surface area (Å²) >= 11 is 1.43. The number of hydrogen-bond acceptors (Lipinski definition) is 7. The molecule has 2 aromatic carbocycles. The number of thioether (sulfide) groups is 1. The lowest BCUT2D eigenvalue weighted by Gasteiger charge is -2.10. The number of carbonyl (C=O) groups is 1. The molecule has 0 fully saturated rings. The van der Waals surface area contributed by atoms with Gasteiger partial charge >= 0.3 is 0 Å². The van der Waals surface area contributed by atoms with Gasteiger partial charge in [0.2, 0.25) is 5.89 Å². The van der Waals surface area contributed by atoms with E-state index >= 15 is 0 Å². The molecule has 0 aliphatic rings. The highest BCUT2D eigenvalue weighted by atomic mass is 32.2. The highest BCUT2D eigenvalue weighted by Gasteiger charge is 2.14. The highest BCUT2D eigenvalue weighted by molar-refractivity contribution is 7.98. The number of hydrogen-bond donors (Lipinski definition) is 1. The molecule has 0 bridgehead atoms. The Kier molecular flexibility index (Phi) is 5.62. The number of amides is 1. The van der Waals surface area contributed by atoms with E-state index in [1.807, 2.05) is 12.1 Å². The first-order valence-electron chi connectivity index (χ1n) is 7.95. The van der Waals surface area contributed by atoms with Crippen LogP contribution in [0.3, 0.4) is 0 Å². The Balaban J connectivity index is 1.73. The van der Waals surface area contributed by atoms with E-state index < -0.39 is 9.84 Å². The van der Waals surface area contributed by atoms with E-state index in [1.165, 1.54) is 23.9 Å². The van der Waals surface area contributed by atoms with E-state index in [2.05, 4.69) is 15.5 Å². The molecule has 3 rings (SSSR count). The number of benzene rings is 2. The fourth-order valence-electron chi connectivity index (χ4n) is 2.31. The molecule has 0 saturated carbocycles. The average molecular weight is 403 g/mol. The van der Waals surface area contributed by atoms with E-state index in [0.717, 1.165) is 11.2 Å². The first-order chi connectivity index (χ1) is 12.8. The molecule has 1 N–H and O–H groups in total. The van der Waals surface area contributed by atoms with Gasteiger partial charge < -0.3 is 9.84 Å². The molecule has 9 heteroatoms. The van der Waals surface area contributed by atoms with Gasteiger partial charge in [-0.2, -0.15) is 4.98 Å². The second-order valence-electron chi connectivity index (χ2n) is 5.77. The van der Waals surface area contributed by atoms with Gasteiger partial charge in [0.15, 0.2) is 15.7 Å². The molecule has 0 radical (unpaired) electrons. The van der Waals surface area contributed by atoms with Crippen LogP contribution < -0.4 is 5.32 Å². The standard InChI is InChI=1S/C18H17N3O4S2/c1-12-19-17(21-25-12)11-26-16-6-4-3-5-15(16)18(22)20-13-7-9-14(10-8-13)27(2,23)24/h3-10H,11H2,1-2H3,(H,20,22). The van der Waals surface area contributed by atoms with Crippen molar-refractivity contribution in [3.8, 4) is 0 Å². The molecule has 1 aromatic heterocycles. The van der Waals surface area contributed by atoms with Gasteiger partial charge in [0.1, 0.15) is 0 Å². The van der Waals surface area contributed by atoms with E-state index in [-0.39, 0.29) is 10.8 Å². The van der Waals surface area contributed by atoms with Gasteiger partial charge in [-0.3, -0.25) is 4.79 Å². The van der Waals surface area contributed by atoms with Crippen molar-refractivity contribution >= 4 is 33.2 Å². The van der Waals surface area contributed by atoms with Crippen LogP contribution in [-0.4, -0.2) is 30.7 Å². The van der Waals surface area contributed by atoms with Gasteiger partial charge in [-0.05, 0) is 36.4 Å². The summed E-state index contributed by atoms with van der Waals surface area (Å²) in [6, 6.07) is 13.3. The summed E-state index contributed by atoms with van der Waals surface area (Å²) in [4.78, 5) is 17.8. The van der Waals surface area contributed by atoms with E-state index in [0.29, 0.717) is 28.7 Å². The number of sulfone groups is 1. The van der Waals surface area contributed by atoms with Crippen LogP contribution in [0.15, 0.2) is 62.8 Å². The second kappa shape index (κ2) is 7.93. The topological polar surface area (TPSA) is 102 Å². The maximum Gasteiger partial charge on any atom is 0.256 e. The Labute approximate surface area is 161 Å². The van der Waals surface area contributed by atoms with Crippen molar-refractivity contribution in [3.63, 3.8) is 0 Å². The van der Waals surface area contributed by atoms with Crippen molar-refractivity contribution < 1.29 is 17.7 Å². The number of carbonyl (C=O) groups excluding carboxylic acids is 1. The summed E-state index contributed by atoms with van der Waals surface area (Å²) in [7, 11) is -3.27. The minimum absolute atomic E-state index is 0.201. The van der Waals surface area contributed by atoms with Crippen LogP contribution in [0.4, 0.5) is 5.69 Å². The number of aryl methyl sites for hydroxylation is 1. The van der Waals surface area contributed by atoms with Crippen LogP contribution in [-0.2, 0) is 15.6 Å². The van der Waals surface area contributed by atoms with Gasteiger partial charge in [-0.15, -0.1) is 11.8 Å². The summed E-state index contributed by atoms with van der Waals surface area (Å²) in [6.45, 7) is 1.72. The van der Waals surface area contributed by atoms with Crippen LogP contribution in [0.2, 0.25) is 0 Å². The fourth-order valence-corrected chi connectivity index (χ4v) is 3.83. The highest BCUT2D eigenvalue weighted by Crippen LogP contribution is 2.26. The Hall–Kier alpha value is -2.65. The maximum absolute atomic E-state index is 12.6. The van der Waals surface area contributed by atoms with Gasteiger partial charge in [0, 0.05) is 23.8 Å². The van der Waals surface area contributed by atoms with Crippen LogP contribution >= 0.6 is 11.8 Å². The molecule has 0 atom stereocenters. The van der Waals surface area contributed by atoms with Crippen molar-refractivity contribution in [2.45, 2.75) is 22.5 Å².